The van der Waals surface area contributed by atoms with Gasteiger partial charge < -0.3 is 10.5 Å². The molecule has 0 fully saturated rings. The number of imidazole rings is 1. The first kappa shape index (κ1) is 17.7. The molecule has 0 saturated carbocycles. The van der Waals surface area contributed by atoms with Crippen molar-refractivity contribution in [3.63, 3.8) is 0 Å². The lowest BCUT2D eigenvalue weighted by atomic mass is 9.87. The second-order valence-electron chi connectivity index (χ2n) is 7.28. The molecule has 1 aromatic heterocycles. The summed E-state index contributed by atoms with van der Waals surface area (Å²) in [5.41, 5.74) is 8.97. The van der Waals surface area contributed by atoms with Crippen molar-refractivity contribution < 1.29 is 4.74 Å². The topological polar surface area (TPSA) is 65.4 Å². The standard InChI is InChI=1S/C21H24N4O/c1-15-14-25(20(22)24-15)23-13-16-5-9-18(10-6-16)26-19-11-7-17(8-12-19)21(2,3)4/h5-14H,1-4H3,(H2,22,24). The number of hydrogen-bond acceptors (Lipinski definition) is 4. The molecule has 0 aliphatic carbocycles. The molecule has 0 radical (unpaired) electrons. The zero-order valence-electron chi connectivity index (χ0n) is 15.6. The van der Waals surface area contributed by atoms with Crippen LogP contribution in [0.4, 0.5) is 5.95 Å². The number of benzene rings is 2. The summed E-state index contributed by atoms with van der Waals surface area (Å²) in [7, 11) is 0. The van der Waals surface area contributed by atoms with Crippen LogP contribution in [0.15, 0.2) is 59.8 Å². The third kappa shape index (κ3) is 4.30. The average Bonchev–Trinajstić information content (AvgIpc) is 2.91. The van der Waals surface area contributed by atoms with E-state index in [0.29, 0.717) is 5.95 Å². The Morgan fingerprint density at radius 1 is 1.00 bits per heavy atom. The van der Waals surface area contributed by atoms with Gasteiger partial charge in [0.2, 0.25) is 5.95 Å². The van der Waals surface area contributed by atoms with Crippen LogP contribution in [0.2, 0.25) is 0 Å². The Labute approximate surface area is 154 Å². The van der Waals surface area contributed by atoms with Gasteiger partial charge in [-0.2, -0.15) is 5.10 Å². The Balaban J connectivity index is 1.67. The van der Waals surface area contributed by atoms with Crippen molar-refractivity contribution in [2.24, 2.45) is 5.10 Å². The van der Waals surface area contributed by atoms with Crippen LogP contribution in [0.25, 0.3) is 0 Å². The van der Waals surface area contributed by atoms with E-state index in [9.17, 15) is 0 Å². The molecule has 0 unspecified atom stereocenters. The molecule has 0 amide bonds. The minimum atomic E-state index is 0.136. The fraction of sp³-hybridized carbons (Fsp3) is 0.238. The highest BCUT2D eigenvalue weighted by atomic mass is 16.5. The lowest BCUT2D eigenvalue weighted by Crippen LogP contribution is -2.10. The number of nitrogens with two attached hydrogens (primary N) is 1. The maximum absolute atomic E-state index is 5.91. The fourth-order valence-electron chi connectivity index (χ4n) is 2.51. The average molecular weight is 348 g/mol. The number of hydrogen-bond donors (Lipinski definition) is 1. The summed E-state index contributed by atoms with van der Waals surface area (Å²) in [6.07, 6.45) is 3.52. The zero-order chi connectivity index (χ0) is 18.7. The molecule has 0 aliphatic rings. The van der Waals surface area contributed by atoms with Gasteiger partial charge in [0.1, 0.15) is 11.5 Å². The van der Waals surface area contributed by atoms with E-state index in [-0.39, 0.29) is 5.41 Å². The second-order valence-corrected chi connectivity index (χ2v) is 7.28. The van der Waals surface area contributed by atoms with Gasteiger partial charge in [0, 0.05) is 0 Å². The van der Waals surface area contributed by atoms with Crippen LogP contribution in [-0.2, 0) is 5.41 Å². The van der Waals surface area contributed by atoms with Gasteiger partial charge >= 0.3 is 0 Å². The molecule has 0 bridgehead atoms. The Hall–Kier alpha value is -3.08. The van der Waals surface area contributed by atoms with Crippen LogP contribution >= 0.6 is 0 Å². The van der Waals surface area contributed by atoms with E-state index >= 15 is 0 Å². The van der Waals surface area contributed by atoms with Crippen LogP contribution in [0.5, 0.6) is 11.5 Å². The molecule has 0 spiro atoms. The largest absolute Gasteiger partial charge is 0.457 e. The monoisotopic (exact) mass is 348 g/mol. The Morgan fingerprint density at radius 3 is 2.08 bits per heavy atom. The van der Waals surface area contributed by atoms with E-state index < -0.39 is 0 Å². The molecule has 0 atom stereocenters. The number of nitrogens with zero attached hydrogens (tertiary/aromatic N) is 3. The Morgan fingerprint density at radius 2 is 1.58 bits per heavy atom. The summed E-state index contributed by atoms with van der Waals surface area (Å²) < 4.78 is 7.46. The molecule has 2 aromatic carbocycles. The highest BCUT2D eigenvalue weighted by molar-refractivity contribution is 5.79. The molecule has 5 nitrogen and oxygen atoms in total. The number of nitrogen functional groups attached to an aromatic ring is 1. The fourth-order valence-corrected chi connectivity index (χ4v) is 2.51. The molecule has 2 N–H and O–H groups in total. The summed E-state index contributed by atoms with van der Waals surface area (Å²) in [4.78, 5) is 4.11. The predicted octanol–water partition coefficient (Wildman–Crippen LogP) is 4.75. The summed E-state index contributed by atoms with van der Waals surface area (Å²) in [5.74, 6) is 1.97. The van der Waals surface area contributed by atoms with Crippen molar-refractivity contribution in [3.05, 3.63) is 71.5 Å². The molecule has 0 aliphatic heterocycles. The first-order chi connectivity index (χ1) is 12.3. The maximum Gasteiger partial charge on any atom is 0.221 e. The minimum Gasteiger partial charge on any atom is -0.457 e. The molecular formula is C21H24N4O. The van der Waals surface area contributed by atoms with E-state index in [0.717, 1.165) is 22.8 Å². The smallest absolute Gasteiger partial charge is 0.221 e. The third-order valence-corrected chi connectivity index (χ3v) is 4.00. The molecule has 5 heteroatoms. The Bertz CT molecular complexity index is 901. The van der Waals surface area contributed by atoms with Crippen LogP contribution in [0, 0.1) is 6.92 Å². The van der Waals surface area contributed by atoms with Gasteiger partial charge in [-0.3, -0.25) is 0 Å². The lowest BCUT2D eigenvalue weighted by Gasteiger charge is -2.19. The molecule has 0 saturated heterocycles. The summed E-state index contributed by atoms with van der Waals surface area (Å²) >= 11 is 0. The van der Waals surface area contributed by atoms with Gasteiger partial charge in [-0.1, -0.05) is 32.9 Å². The number of anilines is 1. The normalized spacial score (nSPS) is 11.8. The van der Waals surface area contributed by atoms with E-state index in [4.69, 9.17) is 10.5 Å². The van der Waals surface area contributed by atoms with Crippen LogP contribution in [-0.4, -0.2) is 15.9 Å². The van der Waals surface area contributed by atoms with Crippen molar-refractivity contribution >= 4 is 12.2 Å². The van der Waals surface area contributed by atoms with Gasteiger partial charge in [0.15, 0.2) is 0 Å². The first-order valence-electron chi connectivity index (χ1n) is 8.55. The first-order valence-corrected chi connectivity index (χ1v) is 8.55. The maximum atomic E-state index is 5.91. The van der Waals surface area contributed by atoms with Gasteiger partial charge in [-0.25, -0.2) is 9.66 Å². The SMILES string of the molecule is Cc1cn(N=Cc2ccc(Oc3ccc(C(C)(C)C)cc3)cc2)c(N)n1. The van der Waals surface area contributed by atoms with E-state index in [2.05, 4.69) is 43.0 Å². The summed E-state index contributed by atoms with van der Waals surface area (Å²) in [6.45, 7) is 8.47. The molecule has 134 valence electrons. The molecule has 1 heterocycles. The highest BCUT2D eigenvalue weighted by Crippen LogP contribution is 2.27. The minimum absolute atomic E-state index is 0.136. The van der Waals surface area contributed by atoms with Gasteiger partial charge in [-0.05, 0) is 59.9 Å². The summed E-state index contributed by atoms with van der Waals surface area (Å²) in [6, 6.07) is 15.9. The highest BCUT2D eigenvalue weighted by Gasteiger charge is 2.13. The van der Waals surface area contributed by atoms with Gasteiger partial charge in [-0.15, -0.1) is 0 Å². The van der Waals surface area contributed by atoms with Crippen molar-refractivity contribution in [1.29, 1.82) is 0 Å². The second kappa shape index (κ2) is 7.04. The molecule has 3 rings (SSSR count). The van der Waals surface area contributed by atoms with Crippen molar-refractivity contribution in [2.45, 2.75) is 33.1 Å². The number of rotatable bonds is 4. The number of ether oxygens (including phenoxy) is 1. The number of aromatic nitrogens is 2. The third-order valence-electron chi connectivity index (χ3n) is 4.00. The quantitative estimate of drug-likeness (QED) is 0.692. The van der Waals surface area contributed by atoms with E-state index in [1.165, 1.54) is 5.56 Å². The molecule has 26 heavy (non-hydrogen) atoms. The Kier molecular flexibility index (Phi) is 4.80. The van der Waals surface area contributed by atoms with Crippen molar-refractivity contribution in [2.75, 3.05) is 5.73 Å². The van der Waals surface area contributed by atoms with E-state index in [1.54, 1.807) is 17.1 Å². The lowest BCUT2D eigenvalue weighted by molar-refractivity contribution is 0.481. The van der Waals surface area contributed by atoms with Crippen LogP contribution in [0.3, 0.4) is 0 Å². The predicted molar refractivity (Wildman–Crippen MR) is 106 cm³/mol. The van der Waals surface area contributed by atoms with Crippen molar-refractivity contribution in [1.82, 2.24) is 9.66 Å². The van der Waals surface area contributed by atoms with Crippen LogP contribution < -0.4 is 10.5 Å². The number of aryl methyl sites for hydroxylation is 1. The van der Waals surface area contributed by atoms with Gasteiger partial charge in [0.05, 0.1) is 18.1 Å². The van der Waals surface area contributed by atoms with Crippen molar-refractivity contribution in [3.8, 4) is 11.5 Å². The van der Waals surface area contributed by atoms with Gasteiger partial charge in [0.25, 0.3) is 0 Å². The van der Waals surface area contributed by atoms with E-state index in [1.807, 2.05) is 43.3 Å². The summed E-state index contributed by atoms with van der Waals surface area (Å²) in [5, 5.41) is 4.31. The molecule has 3 aromatic rings. The molecular weight excluding hydrogens is 324 g/mol. The zero-order valence-corrected chi connectivity index (χ0v) is 15.6. The van der Waals surface area contributed by atoms with Crippen LogP contribution in [0.1, 0.15) is 37.6 Å².